The third-order valence-electron chi connectivity index (χ3n) is 6.09. The molecule has 0 unspecified atom stereocenters. The minimum atomic E-state index is -4.21. The number of nitrogens with one attached hydrogen (secondary N) is 3. The van der Waals surface area contributed by atoms with Gasteiger partial charge in [0.25, 0.3) is 0 Å². The Morgan fingerprint density at radius 3 is 2.36 bits per heavy atom. The number of halogens is 1. The van der Waals surface area contributed by atoms with E-state index in [1.165, 1.54) is 11.8 Å². The molecule has 212 valence electrons. The van der Waals surface area contributed by atoms with E-state index in [0.29, 0.717) is 30.0 Å². The number of carbonyl (C=O) groups is 3. The van der Waals surface area contributed by atoms with E-state index in [-0.39, 0.29) is 17.2 Å². The lowest BCUT2D eigenvalue weighted by atomic mass is 10.0. The molecule has 0 saturated carbocycles. The summed E-state index contributed by atoms with van der Waals surface area (Å²) in [4.78, 5) is 37.9. The van der Waals surface area contributed by atoms with E-state index in [2.05, 4.69) is 15.4 Å². The van der Waals surface area contributed by atoms with Crippen LogP contribution >= 0.6 is 11.8 Å². The molecule has 2 amide bonds. The lowest BCUT2D eigenvalue weighted by Crippen LogP contribution is -2.57. The second kappa shape index (κ2) is 14.4. The van der Waals surface area contributed by atoms with Crippen LogP contribution in [0.4, 0.5) is 4.39 Å². The molecule has 0 aliphatic carbocycles. The zero-order valence-corrected chi connectivity index (χ0v) is 23.5. The fraction of sp³-hybridized carbons (Fsp3) is 0.444. The van der Waals surface area contributed by atoms with Crippen molar-refractivity contribution >= 4 is 39.9 Å². The Hall–Kier alpha value is -2.96. The molecule has 2 aromatic carbocycles. The number of sulfonamides is 1. The number of fused-ring (bicyclic) bond motifs is 16. The van der Waals surface area contributed by atoms with Gasteiger partial charge < -0.3 is 20.2 Å². The molecule has 2 heterocycles. The van der Waals surface area contributed by atoms with Crippen LogP contribution in [-0.4, -0.2) is 62.8 Å². The summed E-state index contributed by atoms with van der Waals surface area (Å²) in [6, 6.07) is 8.19. The summed E-state index contributed by atoms with van der Waals surface area (Å²) in [7, 11) is -4.21. The highest BCUT2D eigenvalue weighted by atomic mass is 32.2. The van der Waals surface area contributed by atoms with Crippen molar-refractivity contribution in [3.8, 4) is 5.75 Å². The molecule has 2 aliphatic heterocycles. The highest BCUT2D eigenvalue weighted by Gasteiger charge is 2.32. The summed E-state index contributed by atoms with van der Waals surface area (Å²) in [5.41, 5.74) is 0.658. The summed E-state index contributed by atoms with van der Waals surface area (Å²) in [6.07, 6.45) is 2.33. The van der Waals surface area contributed by atoms with E-state index >= 15 is 0 Å². The molecule has 0 fully saturated rings. The molecule has 0 aromatic heterocycles. The number of benzene rings is 2. The van der Waals surface area contributed by atoms with Gasteiger partial charge in [0.15, 0.2) is 0 Å². The predicted octanol–water partition coefficient (Wildman–Crippen LogP) is 2.45. The molecular weight excluding hydrogens is 545 g/mol. The fourth-order valence-corrected chi connectivity index (χ4v) is 6.08. The second-order valence-corrected chi connectivity index (χ2v) is 12.5. The van der Waals surface area contributed by atoms with Crippen molar-refractivity contribution in [3.05, 3.63) is 59.9 Å². The number of hydrogen-bond donors (Lipinski definition) is 3. The Kier molecular flexibility index (Phi) is 11.3. The number of amides is 2. The number of hydrogen-bond acceptors (Lipinski definition) is 7. The van der Waals surface area contributed by atoms with Gasteiger partial charge in [0.05, 0.1) is 17.5 Å². The maximum atomic E-state index is 13.5. The normalized spacial score (nSPS) is 22.1. The van der Waals surface area contributed by atoms with Gasteiger partial charge in [0, 0.05) is 5.75 Å². The van der Waals surface area contributed by atoms with Crippen molar-refractivity contribution < 1.29 is 31.9 Å². The van der Waals surface area contributed by atoms with Gasteiger partial charge in [-0.3, -0.25) is 9.59 Å². The zero-order chi connectivity index (χ0) is 28.4. The number of thioether (sulfide) groups is 1. The van der Waals surface area contributed by atoms with Gasteiger partial charge in [-0.2, -0.15) is 16.5 Å². The minimum Gasteiger partial charge on any atom is -0.494 e. The van der Waals surface area contributed by atoms with Crippen molar-refractivity contribution in [2.45, 2.75) is 56.1 Å². The second-order valence-electron chi connectivity index (χ2n) is 9.59. The van der Waals surface area contributed by atoms with Crippen molar-refractivity contribution in [1.82, 2.24) is 15.4 Å². The number of rotatable bonds is 5. The molecule has 2 aliphatic rings. The molecule has 12 heteroatoms. The van der Waals surface area contributed by atoms with E-state index < -0.39 is 45.8 Å². The molecule has 0 radical (unpaired) electrons. The molecule has 39 heavy (non-hydrogen) atoms. The van der Waals surface area contributed by atoms with Gasteiger partial charge in [-0.1, -0.05) is 26.0 Å². The van der Waals surface area contributed by atoms with Crippen LogP contribution in [0.5, 0.6) is 5.75 Å². The van der Waals surface area contributed by atoms with E-state index in [4.69, 9.17) is 4.74 Å². The van der Waals surface area contributed by atoms with Crippen molar-refractivity contribution in [1.29, 1.82) is 0 Å². The first kappa shape index (κ1) is 30.6. The third kappa shape index (κ3) is 9.33. The highest BCUT2D eigenvalue weighted by Crippen LogP contribution is 2.17. The number of carbonyl (C=O) groups excluding carboxylic acids is 3. The monoisotopic (exact) mass is 579 g/mol. The van der Waals surface area contributed by atoms with Gasteiger partial charge in [-0.25, -0.2) is 12.8 Å². The van der Waals surface area contributed by atoms with Gasteiger partial charge in [0.2, 0.25) is 21.8 Å². The van der Waals surface area contributed by atoms with Crippen LogP contribution in [0.1, 0.15) is 32.3 Å². The van der Waals surface area contributed by atoms with E-state index in [1.807, 2.05) is 0 Å². The Morgan fingerprint density at radius 2 is 1.72 bits per heavy atom. The molecule has 0 saturated heterocycles. The Morgan fingerprint density at radius 1 is 1.03 bits per heavy atom. The van der Waals surface area contributed by atoms with Crippen molar-refractivity contribution in [3.63, 3.8) is 0 Å². The molecule has 2 bridgehead atoms. The van der Waals surface area contributed by atoms with E-state index in [9.17, 15) is 27.2 Å². The van der Waals surface area contributed by atoms with Crippen LogP contribution in [-0.2, 0) is 30.8 Å². The maximum Gasteiger partial charge on any atom is 0.243 e. The molecule has 2 aromatic rings. The van der Waals surface area contributed by atoms with Crippen LogP contribution < -0.4 is 20.1 Å². The van der Waals surface area contributed by atoms with E-state index in [0.717, 1.165) is 42.9 Å². The topological polar surface area (TPSA) is 131 Å². The van der Waals surface area contributed by atoms with Gasteiger partial charge in [0.1, 0.15) is 29.9 Å². The number of aldehydes is 1. The summed E-state index contributed by atoms with van der Waals surface area (Å²) >= 11 is 1.54. The average Bonchev–Trinajstić information content (AvgIpc) is 2.90. The molecule has 9 nitrogen and oxygen atoms in total. The lowest BCUT2D eigenvalue weighted by Gasteiger charge is -2.26. The molecule has 0 spiro atoms. The standard InChI is InChI=1S/C27H34FN3O6S2/c1-18(2)25-27(34)29-21(16-32)17-38-14-4-3-13-37-22-9-5-19(6-10-22)15-24(26(33)30-25)31-39(35,36)23-11-7-20(28)8-12-23/h5-12,16,18,21,24-25,31H,3-4,13-15,17H2,1-2H3,(H,29,34)(H,30,33)/t21-,24+,25+/m1/s1. The van der Waals surface area contributed by atoms with E-state index in [1.54, 1.807) is 38.1 Å². The predicted molar refractivity (Wildman–Crippen MR) is 147 cm³/mol. The number of ether oxygens (including phenoxy) is 1. The summed E-state index contributed by atoms with van der Waals surface area (Å²) in [5.74, 6) is -0.379. The summed E-state index contributed by atoms with van der Waals surface area (Å²) in [6.45, 7) is 3.98. The smallest absolute Gasteiger partial charge is 0.243 e. The highest BCUT2D eigenvalue weighted by molar-refractivity contribution is 7.99. The maximum absolute atomic E-state index is 13.5. The quantitative estimate of drug-likeness (QED) is 0.464. The summed E-state index contributed by atoms with van der Waals surface area (Å²) in [5, 5.41) is 5.35. The van der Waals surface area contributed by atoms with Crippen LogP contribution in [0.3, 0.4) is 0 Å². The Bertz CT molecular complexity index is 1220. The zero-order valence-electron chi connectivity index (χ0n) is 21.9. The molecule has 3 atom stereocenters. The van der Waals surface area contributed by atoms with Crippen molar-refractivity contribution in [2.75, 3.05) is 18.1 Å². The fourth-order valence-electron chi connectivity index (χ4n) is 3.90. The largest absolute Gasteiger partial charge is 0.494 e. The lowest BCUT2D eigenvalue weighted by molar-refractivity contribution is -0.131. The van der Waals surface area contributed by atoms with Crippen molar-refractivity contribution in [2.24, 2.45) is 5.92 Å². The average molecular weight is 580 g/mol. The van der Waals surface area contributed by atoms with Crippen LogP contribution in [0.15, 0.2) is 53.4 Å². The van der Waals surface area contributed by atoms with Crippen LogP contribution in [0.25, 0.3) is 0 Å². The van der Waals surface area contributed by atoms with Gasteiger partial charge >= 0.3 is 0 Å². The molecular formula is C27H34FN3O6S2. The first-order valence-corrected chi connectivity index (χ1v) is 15.4. The van der Waals surface area contributed by atoms with Gasteiger partial charge in [-0.05, 0) is 72.9 Å². The SMILES string of the molecule is CC(C)[C@@H]1NC(=O)[C@@H](NS(=O)(=O)c2ccc(F)cc2)Cc2ccc(cc2)OCCCCSC[C@@H](C=O)NC1=O. The Balaban J connectivity index is 1.91. The van der Waals surface area contributed by atoms with Crippen LogP contribution in [0.2, 0.25) is 0 Å². The summed E-state index contributed by atoms with van der Waals surface area (Å²) < 4.78 is 47.7. The Labute approximate surface area is 232 Å². The third-order valence-corrected chi connectivity index (χ3v) is 8.75. The first-order valence-electron chi connectivity index (χ1n) is 12.7. The van der Waals surface area contributed by atoms with Crippen LogP contribution in [0, 0.1) is 11.7 Å². The minimum absolute atomic E-state index is 0.0213. The first-order chi connectivity index (χ1) is 18.6. The molecule has 4 rings (SSSR count). The van der Waals surface area contributed by atoms with Gasteiger partial charge in [-0.15, -0.1) is 0 Å². The molecule has 3 N–H and O–H groups in total.